The minimum absolute atomic E-state index is 0.111. The third-order valence-electron chi connectivity index (χ3n) is 2.39. The summed E-state index contributed by atoms with van der Waals surface area (Å²) in [6, 6.07) is 0. The molecule has 0 bridgehead atoms. The van der Waals surface area contributed by atoms with E-state index in [0.717, 1.165) is 6.54 Å². The molecule has 16 heavy (non-hydrogen) atoms. The number of quaternary nitrogens is 1. The zero-order valence-corrected chi connectivity index (χ0v) is 11.1. The average Bonchev–Trinajstić information content (AvgIpc) is 2.29. The maximum Gasteiger partial charge on any atom is 0.0739 e. The zero-order chi connectivity index (χ0) is 12.6. The Morgan fingerprint density at radius 2 is 1.31 bits per heavy atom. The van der Waals surface area contributed by atoms with Gasteiger partial charge in [-0.1, -0.05) is 52.4 Å². The molecule has 3 nitrogen and oxygen atoms in total. The summed E-state index contributed by atoms with van der Waals surface area (Å²) in [6.07, 6.45) is 11.4. The van der Waals surface area contributed by atoms with Crippen LogP contribution < -0.4 is 10.8 Å². The van der Waals surface area contributed by atoms with Gasteiger partial charge in [-0.2, -0.15) is 0 Å². The van der Waals surface area contributed by atoms with Crippen LogP contribution in [0.2, 0.25) is 0 Å². The highest BCUT2D eigenvalue weighted by molar-refractivity contribution is 5.63. The molecule has 0 heterocycles. The molecule has 0 saturated heterocycles. The van der Waals surface area contributed by atoms with Gasteiger partial charge in [-0.15, -0.1) is 0 Å². The lowest BCUT2D eigenvalue weighted by atomic mass is 10.1. The van der Waals surface area contributed by atoms with Gasteiger partial charge in [0.25, 0.3) is 0 Å². The highest BCUT2D eigenvalue weighted by Gasteiger charge is 1.89. The molecule has 98 valence electrons. The van der Waals surface area contributed by atoms with E-state index >= 15 is 0 Å². The summed E-state index contributed by atoms with van der Waals surface area (Å²) in [6.45, 7) is 4.92. The zero-order valence-electron chi connectivity index (χ0n) is 11.1. The number of hydrogen-bond acceptors (Lipinski definition) is 2. The highest BCUT2D eigenvalue weighted by Crippen LogP contribution is 2.07. The molecule has 0 atom stereocenters. The predicted octanol–water partition coefficient (Wildman–Crippen LogP) is 1.52. The second-order valence-electron chi connectivity index (χ2n) is 4.05. The van der Waals surface area contributed by atoms with E-state index in [9.17, 15) is 9.90 Å². The fraction of sp³-hybridized carbons (Fsp3) is 0.923. The van der Waals surface area contributed by atoms with Crippen molar-refractivity contribution in [2.45, 2.75) is 71.6 Å². The summed E-state index contributed by atoms with van der Waals surface area (Å²) in [5.41, 5.74) is 3.83. The van der Waals surface area contributed by atoms with Gasteiger partial charge in [-0.25, -0.2) is 0 Å². The molecule has 3 N–H and O–H groups in total. The Balaban J connectivity index is 0. The second-order valence-corrected chi connectivity index (χ2v) is 4.05. The van der Waals surface area contributed by atoms with Gasteiger partial charge < -0.3 is 15.6 Å². The molecular formula is C13H29NO2. The third-order valence-corrected chi connectivity index (χ3v) is 2.39. The first-order valence-electron chi connectivity index (χ1n) is 6.68. The van der Waals surface area contributed by atoms with Crippen LogP contribution in [-0.2, 0) is 4.79 Å². The predicted molar refractivity (Wildman–Crippen MR) is 65.7 cm³/mol. The van der Waals surface area contributed by atoms with Crippen molar-refractivity contribution in [1.29, 1.82) is 0 Å². The van der Waals surface area contributed by atoms with Crippen molar-refractivity contribution in [2.24, 2.45) is 0 Å². The van der Waals surface area contributed by atoms with Gasteiger partial charge in [-0.05, 0) is 19.3 Å². The third kappa shape index (κ3) is 23.3. The highest BCUT2D eigenvalue weighted by atomic mass is 16.4. The Hall–Kier alpha value is -0.570. The summed E-state index contributed by atoms with van der Waals surface area (Å²) in [7, 11) is 0. The molecule has 0 aliphatic rings. The number of carboxylic acids is 1. The van der Waals surface area contributed by atoms with E-state index in [4.69, 9.17) is 0 Å². The number of carboxylic acid groups (broad SMARTS) is 1. The van der Waals surface area contributed by atoms with Gasteiger partial charge in [0.05, 0.1) is 6.54 Å². The van der Waals surface area contributed by atoms with Gasteiger partial charge in [0.1, 0.15) is 0 Å². The van der Waals surface area contributed by atoms with Crippen LogP contribution in [0.3, 0.4) is 0 Å². The Morgan fingerprint density at radius 3 is 1.62 bits per heavy atom. The van der Waals surface area contributed by atoms with Crippen molar-refractivity contribution in [3.05, 3.63) is 0 Å². The molecule has 0 aromatic heterocycles. The Morgan fingerprint density at radius 1 is 0.938 bits per heavy atom. The Labute approximate surface area is 100 Å². The summed E-state index contributed by atoms with van der Waals surface area (Å²) in [4.78, 5) is 9.26. The Kier molecular flexibility index (Phi) is 18.8. The molecule has 0 saturated carbocycles. The van der Waals surface area contributed by atoms with Crippen LogP contribution in [0.4, 0.5) is 0 Å². The fourth-order valence-corrected chi connectivity index (χ4v) is 1.31. The standard InChI is InChI=1S/C10H23N.C3H6O2/c1-2-3-4-5-6-7-8-9-10-11;1-2-3(4)5/h2-11H2,1H3;2H2,1H3,(H,4,5). The normalized spacial score (nSPS) is 9.44. The number of hydrogen-bond donors (Lipinski definition) is 1. The lowest BCUT2D eigenvalue weighted by Gasteiger charge is -1.98. The summed E-state index contributed by atoms with van der Waals surface area (Å²) in [5, 5.41) is 9.26. The van der Waals surface area contributed by atoms with Gasteiger partial charge in [0, 0.05) is 5.97 Å². The van der Waals surface area contributed by atoms with Crippen LogP contribution in [0, 0.1) is 0 Å². The minimum Gasteiger partial charge on any atom is -0.550 e. The van der Waals surface area contributed by atoms with Crippen LogP contribution >= 0.6 is 0 Å². The van der Waals surface area contributed by atoms with E-state index in [-0.39, 0.29) is 6.42 Å². The molecular weight excluding hydrogens is 202 g/mol. The van der Waals surface area contributed by atoms with E-state index in [1.165, 1.54) is 58.3 Å². The van der Waals surface area contributed by atoms with Crippen LogP contribution in [0.25, 0.3) is 0 Å². The maximum atomic E-state index is 9.26. The SMILES string of the molecule is CCC(=O)[O-].CCCCCCCCCC[NH3+]. The van der Waals surface area contributed by atoms with Crippen molar-refractivity contribution in [2.75, 3.05) is 6.54 Å². The molecule has 0 aliphatic carbocycles. The average molecular weight is 231 g/mol. The fourth-order valence-electron chi connectivity index (χ4n) is 1.31. The van der Waals surface area contributed by atoms with Crippen LogP contribution in [0.5, 0.6) is 0 Å². The largest absolute Gasteiger partial charge is 0.550 e. The van der Waals surface area contributed by atoms with E-state index in [0.29, 0.717) is 0 Å². The monoisotopic (exact) mass is 231 g/mol. The van der Waals surface area contributed by atoms with Crippen molar-refractivity contribution in [1.82, 2.24) is 0 Å². The summed E-state index contributed by atoms with van der Waals surface area (Å²) >= 11 is 0. The number of rotatable bonds is 9. The number of carbonyl (C=O) groups is 1. The van der Waals surface area contributed by atoms with E-state index in [1.807, 2.05) is 0 Å². The quantitative estimate of drug-likeness (QED) is 0.611. The first-order valence-corrected chi connectivity index (χ1v) is 6.68. The van der Waals surface area contributed by atoms with Gasteiger partial charge in [0.2, 0.25) is 0 Å². The van der Waals surface area contributed by atoms with Crippen LogP contribution in [0.1, 0.15) is 71.6 Å². The van der Waals surface area contributed by atoms with Gasteiger partial charge in [-0.3, -0.25) is 0 Å². The summed E-state index contributed by atoms with van der Waals surface area (Å²) in [5.74, 6) is -0.995. The molecule has 0 unspecified atom stereocenters. The topological polar surface area (TPSA) is 67.8 Å². The van der Waals surface area contributed by atoms with E-state index in [1.54, 1.807) is 0 Å². The molecule has 0 aromatic carbocycles. The molecule has 0 rings (SSSR count). The van der Waals surface area contributed by atoms with Crippen molar-refractivity contribution in [3.8, 4) is 0 Å². The van der Waals surface area contributed by atoms with E-state index < -0.39 is 5.97 Å². The number of carbonyl (C=O) groups excluding carboxylic acids is 1. The minimum atomic E-state index is -0.995. The van der Waals surface area contributed by atoms with E-state index in [2.05, 4.69) is 12.7 Å². The van der Waals surface area contributed by atoms with Crippen LogP contribution in [0.15, 0.2) is 0 Å². The van der Waals surface area contributed by atoms with Crippen LogP contribution in [-0.4, -0.2) is 12.5 Å². The summed E-state index contributed by atoms with van der Waals surface area (Å²) < 4.78 is 0. The number of unbranched alkanes of at least 4 members (excludes halogenated alkanes) is 7. The molecule has 0 spiro atoms. The first-order chi connectivity index (χ1) is 7.68. The van der Waals surface area contributed by atoms with Gasteiger partial charge in [0.15, 0.2) is 0 Å². The molecule has 0 aromatic rings. The molecule has 0 amide bonds. The smallest absolute Gasteiger partial charge is 0.0739 e. The maximum absolute atomic E-state index is 9.26. The van der Waals surface area contributed by atoms with Crippen molar-refractivity contribution in [3.63, 3.8) is 0 Å². The lowest BCUT2D eigenvalue weighted by molar-refractivity contribution is -0.368. The molecule has 0 radical (unpaired) electrons. The number of aliphatic carboxylic acids is 1. The molecule has 0 fully saturated rings. The lowest BCUT2D eigenvalue weighted by Crippen LogP contribution is -2.50. The van der Waals surface area contributed by atoms with Crippen molar-refractivity contribution >= 4 is 5.97 Å². The molecule has 0 aliphatic heterocycles. The first kappa shape index (κ1) is 17.8. The molecule has 3 heteroatoms. The second kappa shape index (κ2) is 16.8. The van der Waals surface area contributed by atoms with Gasteiger partial charge >= 0.3 is 0 Å². The Bertz CT molecular complexity index is 130. The van der Waals surface area contributed by atoms with Crippen molar-refractivity contribution < 1.29 is 15.6 Å².